The van der Waals surface area contributed by atoms with E-state index in [0.29, 0.717) is 42.7 Å². The summed E-state index contributed by atoms with van der Waals surface area (Å²) in [6.45, 7) is 2.12. The number of nitrogens with zero attached hydrogens (tertiary/aromatic N) is 1. The van der Waals surface area contributed by atoms with Gasteiger partial charge in [0.25, 0.3) is 0 Å². The highest BCUT2D eigenvalue weighted by Gasteiger charge is 2.30. The Morgan fingerprint density at radius 2 is 1.50 bits per heavy atom. The molecule has 4 rings (SSSR count). The summed E-state index contributed by atoms with van der Waals surface area (Å²) in [6.07, 6.45) is 4.17. The monoisotopic (exact) mass is 321 g/mol. The van der Waals surface area contributed by atoms with Crippen molar-refractivity contribution in [2.24, 2.45) is 0 Å². The highest BCUT2D eigenvalue weighted by Crippen LogP contribution is 2.38. The number of piperidine rings is 1. The maximum atomic E-state index is 12.8. The molecule has 0 amide bonds. The average Bonchev–Trinajstić information content (AvgIpc) is 3.39. The summed E-state index contributed by atoms with van der Waals surface area (Å²) < 4.78 is 38.1. The highest BCUT2D eigenvalue weighted by molar-refractivity contribution is 7.89. The van der Waals surface area contributed by atoms with Crippen LogP contribution in [0.4, 0.5) is 0 Å². The fourth-order valence-corrected chi connectivity index (χ4v) is 4.56. The molecule has 6 heteroatoms. The molecule has 118 valence electrons. The van der Waals surface area contributed by atoms with E-state index in [2.05, 4.69) is 0 Å². The number of rotatable bonds is 2. The topological polar surface area (TPSA) is 55.8 Å². The van der Waals surface area contributed by atoms with Gasteiger partial charge in [0.2, 0.25) is 10.0 Å². The van der Waals surface area contributed by atoms with Crippen molar-refractivity contribution in [2.75, 3.05) is 26.3 Å². The second-order valence-corrected chi connectivity index (χ2v) is 7.85. The van der Waals surface area contributed by atoms with Crippen LogP contribution >= 0.6 is 0 Å². The molecule has 2 heterocycles. The number of fused-ring (bicyclic) bond motifs is 1. The zero-order chi connectivity index (χ0) is 15.2. The first-order chi connectivity index (χ1) is 10.6. The number of benzene rings is 1. The van der Waals surface area contributed by atoms with Gasteiger partial charge in [-0.05, 0) is 37.8 Å². The second-order valence-electron chi connectivity index (χ2n) is 5.92. The minimum Gasteiger partial charge on any atom is -0.486 e. The second kappa shape index (κ2) is 5.28. The highest BCUT2D eigenvalue weighted by atomic mass is 32.2. The maximum absolute atomic E-state index is 12.8. The molecule has 0 unspecified atom stereocenters. The van der Waals surface area contributed by atoms with E-state index in [1.54, 1.807) is 28.1 Å². The van der Waals surface area contributed by atoms with Crippen LogP contribution in [0.1, 0.15) is 25.7 Å². The van der Waals surface area contributed by atoms with E-state index in [4.69, 9.17) is 9.47 Å². The van der Waals surface area contributed by atoms with Crippen LogP contribution in [0.15, 0.2) is 34.2 Å². The zero-order valence-corrected chi connectivity index (χ0v) is 13.2. The molecule has 0 bridgehead atoms. The van der Waals surface area contributed by atoms with Crippen LogP contribution in [0.3, 0.4) is 0 Å². The molecule has 5 nitrogen and oxygen atoms in total. The summed E-state index contributed by atoms with van der Waals surface area (Å²) >= 11 is 0. The number of ether oxygens (including phenoxy) is 2. The van der Waals surface area contributed by atoms with E-state index < -0.39 is 10.0 Å². The molecule has 0 N–H and O–H groups in total. The lowest BCUT2D eigenvalue weighted by Crippen LogP contribution is -2.36. The van der Waals surface area contributed by atoms with Gasteiger partial charge < -0.3 is 9.47 Å². The molecule has 3 aliphatic rings. The van der Waals surface area contributed by atoms with E-state index in [-0.39, 0.29) is 0 Å². The van der Waals surface area contributed by atoms with Crippen LogP contribution in [-0.2, 0) is 10.0 Å². The Labute approximate surface area is 130 Å². The average molecular weight is 321 g/mol. The minimum atomic E-state index is -3.45. The molecule has 1 saturated carbocycles. The summed E-state index contributed by atoms with van der Waals surface area (Å²) in [5.74, 6) is 1.13. The number of allylic oxidation sites excluding steroid dienone is 1. The Hall–Kier alpha value is -1.53. The van der Waals surface area contributed by atoms with Crippen molar-refractivity contribution in [3.8, 4) is 11.5 Å². The maximum Gasteiger partial charge on any atom is 0.243 e. The summed E-state index contributed by atoms with van der Waals surface area (Å²) in [5, 5.41) is 0. The Morgan fingerprint density at radius 1 is 0.864 bits per heavy atom. The van der Waals surface area contributed by atoms with Gasteiger partial charge in [0, 0.05) is 19.2 Å². The molecule has 2 fully saturated rings. The third-order valence-corrected chi connectivity index (χ3v) is 6.37. The van der Waals surface area contributed by atoms with Crippen molar-refractivity contribution in [3.05, 3.63) is 29.3 Å². The summed E-state index contributed by atoms with van der Waals surface area (Å²) in [6, 6.07) is 4.87. The molecular weight excluding hydrogens is 302 g/mol. The summed E-state index contributed by atoms with van der Waals surface area (Å²) in [7, 11) is -3.45. The molecule has 2 aliphatic heterocycles. The molecular formula is C16H19NO4S. The van der Waals surface area contributed by atoms with E-state index in [1.165, 1.54) is 18.4 Å². The van der Waals surface area contributed by atoms with Gasteiger partial charge in [-0.2, -0.15) is 4.31 Å². The van der Waals surface area contributed by atoms with Gasteiger partial charge in [-0.3, -0.25) is 0 Å². The lowest BCUT2D eigenvalue weighted by atomic mass is 10.1. The number of hydrogen-bond acceptors (Lipinski definition) is 4. The Balaban J connectivity index is 1.57. The van der Waals surface area contributed by atoms with Gasteiger partial charge in [0.15, 0.2) is 11.5 Å². The zero-order valence-electron chi connectivity index (χ0n) is 12.4. The molecule has 22 heavy (non-hydrogen) atoms. The van der Waals surface area contributed by atoms with Crippen molar-refractivity contribution >= 4 is 10.0 Å². The predicted molar refractivity (Wildman–Crippen MR) is 81.7 cm³/mol. The lowest BCUT2D eigenvalue weighted by molar-refractivity contribution is 0.171. The normalized spacial score (nSPS) is 21.8. The molecule has 0 atom stereocenters. The Kier molecular flexibility index (Phi) is 3.38. The van der Waals surface area contributed by atoms with Crippen LogP contribution in [-0.4, -0.2) is 39.0 Å². The standard InChI is InChI=1S/C16H19NO4S/c18-22(19,17-7-5-13(6-8-17)12-1-2-12)14-3-4-15-16(11-14)21-10-9-20-15/h3-4,11H,1-2,5-10H2. The first-order valence-corrected chi connectivity index (χ1v) is 9.18. The molecule has 1 aliphatic carbocycles. The van der Waals surface area contributed by atoms with Gasteiger partial charge in [-0.15, -0.1) is 0 Å². The molecule has 1 aromatic rings. The number of sulfonamides is 1. The van der Waals surface area contributed by atoms with Crippen LogP contribution in [0, 0.1) is 0 Å². The van der Waals surface area contributed by atoms with Crippen molar-refractivity contribution in [2.45, 2.75) is 30.6 Å². The summed E-state index contributed by atoms with van der Waals surface area (Å²) in [4.78, 5) is 0.291. The SMILES string of the molecule is O=S(=O)(c1ccc2c(c1)OCCO2)N1CCC(=C2CC2)CC1. The van der Waals surface area contributed by atoms with Gasteiger partial charge in [-0.25, -0.2) is 8.42 Å². The van der Waals surface area contributed by atoms with Gasteiger partial charge in [0.05, 0.1) is 4.90 Å². The van der Waals surface area contributed by atoms with E-state index in [0.717, 1.165) is 12.8 Å². The lowest BCUT2D eigenvalue weighted by Gasteiger charge is -2.28. The Bertz CT molecular complexity index is 723. The molecule has 0 spiro atoms. The van der Waals surface area contributed by atoms with Crippen molar-refractivity contribution in [1.82, 2.24) is 4.31 Å². The van der Waals surface area contributed by atoms with Crippen LogP contribution in [0.2, 0.25) is 0 Å². The van der Waals surface area contributed by atoms with Crippen molar-refractivity contribution < 1.29 is 17.9 Å². The number of hydrogen-bond donors (Lipinski definition) is 0. The molecule has 0 radical (unpaired) electrons. The quantitative estimate of drug-likeness (QED) is 0.785. The fourth-order valence-electron chi connectivity index (χ4n) is 3.10. The third-order valence-electron chi connectivity index (χ3n) is 4.48. The van der Waals surface area contributed by atoms with Crippen LogP contribution in [0.25, 0.3) is 0 Å². The first-order valence-electron chi connectivity index (χ1n) is 7.74. The van der Waals surface area contributed by atoms with Crippen LogP contribution < -0.4 is 9.47 Å². The molecule has 0 aromatic heterocycles. The first kappa shape index (κ1) is 14.1. The Morgan fingerprint density at radius 3 is 2.18 bits per heavy atom. The predicted octanol–water partition coefficient (Wildman–Crippen LogP) is 2.33. The van der Waals surface area contributed by atoms with Crippen LogP contribution in [0.5, 0.6) is 11.5 Å². The van der Waals surface area contributed by atoms with Crippen molar-refractivity contribution in [3.63, 3.8) is 0 Å². The van der Waals surface area contributed by atoms with Gasteiger partial charge >= 0.3 is 0 Å². The van der Waals surface area contributed by atoms with E-state index in [9.17, 15) is 8.42 Å². The van der Waals surface area contributed by atoms with Gasteiger partial charge in [0.1, 0.15) is 13.2 Å². The summed E-state index contributed by atoms with van der Waals surface area (Å²) in [5.41, 5.74) is 3.03. The smallest absolute Gasteiger partial charge is 0.243 e. The third kappa shape index (κ3) is 2.50. The molecule has 1 saturated heterocycles. The van der Waals surface area contributed by atoms with E-state index >= 15 is 0 Å². The fraction of sp³-hybridized carbons (Fsp3) is 0.500. The largest absolute Gasteiger partial charge is 0.486 e. The molecule has 1 aromatic carbocycles. The van der Waals surface area contributed by atoms with Gasteiger partial charge in [-0.1, -0.05) is 11.1 Å². The minimum absolute atomic E-state index is 0.291. The van der Waals surface area contributed by atoms with Crippen molar-refractivity contribution in [1.29, 1.82) is 0 Å². The van der Waals surface area contributed by atoms with E-state index in [1.807, 2.05) is 0 Å².